The first-order valence-electron chi connectivity index (χ1n) is 10.3. The number of hydrogen-bond acceptors (Lipinski definition) is 5. The van der Waals surface area contributed by atoms with Gasteiger partial charge in [-0.1, -0.05) is 18.2 Å². The van der Waals surface area contributed by atoms with Crippen LogP contribution in [0.5, 0.6) is 5.75 Å². The summed E-state index contributed by atoms with van der Waals surface area (Å²) in [6.07, 6.45) is -0.238. The van der Waals surface area contributed by atoms with Gasteiger partial charge >= 0.3 is 6.09 Å². The molecule has 0 aromatic heterocycles. The molecule has 1 amide bonds. The van der Waals surface area contributed by atoms with Crippen molar-refractivity contribution in [3.8, 4) is 5.75 Å². The van der Waals surface area contributed by atoms with Gasteiger partial charge in [0.15, 0.2) is 5.96 Å². The molecule has 1 aliphatic rings. The van der Waals surface area contributed by atoms with Crippen molar-refractivity contribution >= 4 is 36.0 Å². The van der Waals surface area contributed by atoms with Gasteiger partial charge in [-0.3, -0.25) is 4.99 Å². The maximum atomic E-state index is 11.9. The Morgan fingerprint density at radius 1 is 1.17 bits per heavy atom. The van der Waals surface area contributed by atoms with Crippen molar-refractivity contribution in [2.24, 2.45) is 4.99 Å². The molecule has 9 heteroatoms. The monoisotopic (exact) mass is 533 g/mol. The lowest BCUT2D eigenvalue weighted by molar-refractivity contribution is 0.0914. The summed E-state index contributed by atoms with van der Waals surface area (Å²) in [5.41, 5.74) is 1.12. The zero-order valence-corrected chi connectivity index (χ0v) is 21.1. The molecule has 1 heterocycles. The number of nitrogens with zero attached hydrogens (tertiary/aromatic N) is 4. The van der Waals surface area contributed by atoms with Gasteiger partial charge < -0.3 is 29.5 Å². The molecule has 0 aliphatic carbocycles. The summed E-state index contributed by atoms with van der Waals surface area (Å²) >= 11 is 0. The normalized spacial score (nSPS) is 15.5. The molecule has 0 radical (unpaired) electrons. The third-order valence-electron chi connectivity index (χ3n) is 4.98. The molecule has 1 fully saturated rings. The van der Waals surface area contributed by atoms with Crippen LogP contribution < -0.4 is 10.1 Å². The minimum absolute atomic E-state index is 0. The topological polar surface area (TPSA) is 69.6 Å². The first-order valence-corrected chi connectivity index (χ1v) is 10.3. The molecular weight excluding hydrogens is 497 g/mol. The number of hydrogen-bond donors (Lipinski definition) is 1. The number of amides is 1. The number of rotatable bonds is 7. The van der Waals surface area contributed by atoms with E-state index < -0.39 is 0 Å². The summed E-state index contributed by atoms with van der Waals surface area (Å²) in [5, 5.41) is 3.39. The standard InChI is InChI=1S/C21H35N5O3.HI/c1-6-22-20(25-12-14-26(15-13-25)21(27)29-7-2)23-16-18(24(3)4)17-10-8-9-11-19(17)28-5;/h8-11,18H,6-7,12-16H2,1-5H3,(H,22,23);1H. The highest BCUT2D eigenvalue weighted by atomic mass is 127. The summed E-state index contributed by atoms with van der Waals surface area (Å²) in [5.74, 6) is 1.74. The number of carbonyl (C=O) groups excluding carboxylic acids is 1. The second kappa shape index (κ2) is 13.5. The fourth-order valence-electron chi connectivity index (χ4n) is 3.40. The first kappa shape index (κ1) is 26.3. The predicted octanol–water partition coefficient (Wildman–Crippen LogP) is 2.66. The molecule has 1 saturated heterocycles. The number of para-hydroxylation sites is 1. The van der Waals surface area contributed by atoms with Gasteiger partial charge in [0, 0.05) is 38.3 Å². The number of piperazine rings is 1. The van der Waals surface area contributed by atoms with Crippen LogP contribution in [0.25, 0.3) is 0 Å². The fraction of sp³-hybridized carbons (Fsp3) is 0.619. The molecule has 0 spiro atoms. The molecule has 170 valence electrons. The highest BCUT2D eigenvalue weighted by Gasteiger charge is 2.24. The molecule has 1 atom stereocenters. The maximum Gasteiger partial charge on any atom is 0.409 e. The van der Waals surface area contributed by atoms with E-state index in [1.165, 1.54) is 0 Å². The van der Waals surface area contributed by atoms with Crippen LogP contribution in [0.2, 0.25) is 0 Å². The zero-order valence-electron chi connectivity index (χ0n) is 18.8. The molecular formula is C21H36IN5O3. The van der Waals surface area contributed by atoms with Crippen molar-refractivity contribution in [1.29, 1.82) is 0 Å². The predicted molar refractivity (Wildman–Crippen MR) is 131 cm³/mol. The quantitative estimate of drug-likeness (QED) is 0.330. The first-order chi connectivity index (χ1) is 14.0. The average molecular weight is 533 g/mol. The Morgan fingerprint density at radius 3 is 2.37 bits per heavy atom. The molecule has 0 saturated carbocycles. The molecule has 30 heavy (non-hydrogen) atoms. The van der Waals surface area contributed by atoms with Crippen LogP contribution in [0.15, 0.2) is 29.3 Å². The minimum atomic E-state index is -0.238. The van der Waals surface area contributed by atoms with E-state index in [0.29, 0.717) is 26.2 Å². The summed E-state index contributed by atoms with van der Waals surface area (Å²) in [6.45, 7) is 8.41. The van der Waals surface area contributed by atoms with E-state index in [-0.39, 0.29) is 36.1 Å². The van der Waals surface area contributed by atoms with Crippen molar-refractivity contribution in [1.82, 2.24) is 20.0 Å². The Kier molecular flexibility index (Phi) is 11.9. The number of ether oxygens (including phenoxy) is 2. The van der Waals surface area contributed by atoms with Crippen molar-refractivity contribution < 1.29 is 14.3 Å². The van der Waals surface area contributed by atoms with E-state index >= 15 is 0 Å². The fourth-order valence-corrected chi connectivity index (χ4v) is 3.40. The second-order valence-electron chi connectivity index (χ2n) is 7.09. The van der Waals surface area contributed by atoms with Crippen molar-refractivity contribution in [3.05, 3.63) is 29.8 Å². The largest absolute Gasteiger partial charge is 0.496 e. The molecule has 1 aromatic carbocycles. The van der Waals surface area contributed by atoms with Crippen LogP contribution in [-0.2, 0) is 4.74 Å². The smallest absolute Gasteiger partial charge is 0.409 e. The van der Waals surface area contributed by atoms with Crippen LogP contribution in [0.3, 0.4) is 0 Å². The lowest BCUT2D eigenvalue weighted by Gasteiger charge is -2.36. The molecule has 1 N–H and O–H groups in total. The number of aliphatic imine (C=N–C) groups is 1. The van der Waals surface area contributed by atoms with Gasteiger partial charge in [-0.2, -0.15) is 0 Å². The molecule has 0 bridgehead atoms. The molecule has 1 aliphatic heterocycles. The van der Waals surface area contributed by atoms with Crippen LogP contribution in [0.1, 0.15) is 25.5 Å². The van der Waals surface area contributed by atoms with Gasteiger partial charge in [0.05, 0.1) is 26.3 Å². The molecule has 8 nitrogen and oxygen atoms in total. The highest BCUT2D eigenvalue weighted by Crippen LogP contribution is 2.28. The number of guanidine groups is 1. The summed E-state index contributed by atoms with van der Waals surface area (Å²) in [6, 6.07) is 8.17. The van der Waals surface area contributed by atoms with Gasteiger partial charge in [-0.15, -0.1) is 24.0 Å². The Balaban J connectivity index is 0.00000450. The van der Waals surface area contributed by atoms with Gasteiger partial charge in [0.1, 0.15) is 5.75 Å². The average Bonchev–Trinajstić information content (AvgIpc) is 2.73. The lowest BCUT2D eigenvalue weighted by Crippen LogP contribution is -2.54. The van der Waals surface area contributed by atoms with Crippen molar-refractivity contribution in [2.45, 2.75) is 19.9 Å². The van der Waals surface area contributed by atoms with E-state index in [0.717, 1.165) is 36.9 Å². The SMILES string of the molecule is CCNC(=NCC(c1ccccc1OC)N(C)C)N1CCN(C(=O)OCC)CC1.I. The third kappa shape index (κ3) is 7.19. The van der Waals surface area contributed by atoms with Crippen LogP contribution >= 0.6 is 24.0 Å². The van der Waals surface area contributed by atoms with Gasteiger partial charge in [0.2, 0.25) is 0 Å². The Hall–Kier alpha value is -1.75. The summed E-state index contributed by atoms with van der Waals surface area (Å²) < 4.78 is 10.7. The van der Waals surface area contributed by atoms with E-state index in [2.05, 4.69) is 42.2 Å². The number of methoxy groups -OCH3 is 1. The van der Waals surface area contributed by atoms with Gasteiger partial charge in [0.25, 0.3) is 0 Å². The second-order valence-corrected chi connectivity index (χ2v) is 7.09. The molecule has 1 aromatic rings. The number of carbonyl (C=O) groups is 1. The zero-order chi connectivity index (χ0) is 21.2. The van der Waals surface area contributed by atoms with E-state index in [1.807, 2.05) is 25.1 Å². The van der Waals surface area contributed by atoms with E-state index in [1.54, 1.807) is 12.0 Å². The number of nitrogens with one attached hydrogen (secondary N) is 1. The number of halogens is 1. The van der Waals surface area contributed by atoms with Crippen molar-refractivity contribution in [3.63, 3.8) is 0 Å². The Labute approximate surface area is 197 Å². The Morgan fingerprint density at radius 2 is 1.80 bits per heavy atom. The third-order valence-corrected chi connectivity index (χ3v) is 4.98. The molecule has 1 unspecified atom stereocenters. The Bertz CT molecular complexity index is 678. The van der Waals surface area contributed by atoms with Crippen molar-refractivity contribution in [2.75, 3.05) is 67.1 Å². The maximum absolute atomic E-state index is 11.9. The van der Waals surface area contributed by atoms with Crippen LogP contribution in [0.4, 0.5) is 4.79 Å². The summed E-state index contributed by atoms with van der Waals surface area (Å²) in [4.78, 5) is 23.0. The number of likely N-dealkylation sites (N-methyl/N-ethyl adjacent to an activating group) is 1. The summed E-state index contributed by atoms with van der Waals surface area (Å²) in [7, 11) is 5.80. The lowest BCUT2D eigenvalue weighted by atomic mass is 10.0. The van der Waals surface area contributed by atoms with Gasteiger partial charge in [-0.25, -0.2) is 4.79 Å². The number of benzene rings is 1. The molecule has 2 rings (SSSR count). The van der Waals surface area contributed by atoms with Crippen LogP contribution in [0, 0.1) is 0 Å². The van der Waals surface area contributed by atoms with Gasteiger partial charge in [-0.05, 0) is 34.0 Å². The highest BCUT2D eigenvalue weighted by molar-refractivity contribution is 14.0. The van der Waals surface area contributed by atoms with E-state index in [4.69, 9.17) is 14.5 Å². The van der Waals surface area contributed by atoms with E-state index in [9.17, 15) is 4.79 Å². The minimum Gasteiger partial charge on any atom is -0.496 e. The van der Waals surface area contributed by atoms with Crippen LogP contribution in [-0.4, -0.2) is 93.8 Å².